The predicted octanol–water partition coefficient (Wildman–Crippen LogP) is 1.04. The molecule has 3 fully saturated rings. The van der Waals surface area contributed by atoms with Gasteiger partial charge in [-0.2, -0.15) is 0 Å². The number of anilines is 1. The summed E-state index contributed by atoms with van der Waals surface area (Å²) in [5.41, 5.74) is 0.441. The zero-order chi connectivity index (χ0) is 16.4. The lowest BCUT2D eigenvalue weighted by Gasteiger charge is -2.32. The third-order valence-electron chi connectivity index (χ3n) is 5.32. The fourth-order valence-corrected chi connectivity index (χ4v) is 4.00. The molecule has 1 unspecified atom stereocenters. The number of piperidine rings is 1. The van der Waals surface area contributed by atoms with Crippen molar-refractivity contribution in [2.45, 2.75) is 43.7 Å². The van der Waals surface area contributed by atoms with E-state index < -0.39 is 0 Å². The van der Waals surface area contributed by atoms with Crippen molar-refractivity contribution in [2.24, 2.45) is 0 Å². The van der Waals surface area contributed by atoms with Crippen LogP contribution in [-0.4, -0.2) is 65.2 Å². The van der Waals surface area contributed by atoms with E-state index in [0.29, 0.717) is 18.1 Å². The van der Waals surface area contributed by atoms with Gasteiger partial charge in [0.15, 0.2) is 0 Å². The van der Waals surface area contributed by atoms with Crippen molar-refractivity contribution in [1.82, 2.24) is 20.2 Å². The molecule has 1 amide bonds. The van der Waals surface area contributed by atoms with Gasteiger partial charge in [0.25, 0.3) is 5.91 Å². The molecule has 1 spiro atoms. The minimum Gasteiger partial charge on any atom is -0.373 e. The van der Waals surface area contributed by atoms with Crippen LogP contribution in [0.2, 0.25) is 0 Å². The number of rotatable bonds is 3. The first-order valence-electron chi connectivity index (χ1n) is 8.97. The van der Waals surface area contributed by atoms with E-state index in [1.165, 1.54) is 0 Å². The number of ether oxygens (including phenoxy) is 1. The molecule has 0 saturated carbocycles. The Morgan fingerprint density at radius 3 is 2.88 bits per heavy atom. The van der Waals surface area contributed by atoms with Crippen molar-refractivity contribution in [1.29, 1.82) is 0 Å². The molecule has 130 valence electrons. The largest absolute Gasteiger partial charge is 0.373 e. The Labute approximate surface area is 142 Å². The van der Waals surface area contributed by atoms with Crippen molar-refractivity contribution >= 4 is 11.7 Å². The molecular weight excluding hydrogens is 306 g/mol. The Hall–Kier alpha value is -1.73. The quantitative estimate of drug-likeness (QED) is 0.861. The second kappa shape index (κ2) is 6.64. The molecule has 24 heavy (non-hydrogen) atoms. The smallest absolute Gasteiger partial charge is 0.274 e. The van der Waals surface area contributed by atoms with E-state index in [9.17, 15) is 4.79 Å². The molecule has 3 aliphatic rings. The minimum atomic E-state index is -0.0128. The number of amides is 1. The first-order valence-corrected chi connectivity index (χ1v) is 8.97. The van der Waals surface area contributed by atoms with Crippen molar-refractivity contribution in [3.63, 3.8) is 0 Å². The molecule has 4 heterocycles. The number of nitrogens with one attached hydrogen (secondary N) is 2. The SMILES string of the molecule is O=C(c1cncc(NC2COC3(CCNCC3)C2)n1)N1CCCC1. The Bertz CT molecular complexity index is 596. The van der Waals surface area contributed by atoms with Crippen molar-refractivity contribution < 1.29 is 9.53 Å². The van der Waals surface area contributed by atoms with Crippen LogP contribution in [0.15, 0.2) is 12.4 Å². The molecule has 4 rings (SSSR count). The van der Waals surface area contributed by atoms with Gasteiger partial charge < -0.3 is 20.3 Å². The van der Waals surface area contributed by atoms with Crippen LogP contribution >= 0.6 is 0 Å². The summed E-state index contributed by atoms with van der Waals surface area (Å²) in [7, 11) is 0. The molecule has 0 bridgehead atoms. The maximum absolute atomic E-state index is 12.4. The van der Waals surface area contributed by atoms with Crippen LogP contribution < -0.4 is 10.6 Å². The standard InChI is InChI=1S/C17H25N5O2/c23-16(22-7-1-2-8-22)14-10-19-11-15(21-14)20-13-9-17(24-12-13)3-5-18-6-4-17/h10-11,13,18H,1-9,12H2,(H,20,21). The summed E-state index contributed by atoms with van der Waals surface area (Å²) in [6, 6.07) is 0.231. The second-order valence-electron chi connectivity index (χ2n) is 7.08. The van der Waals surface area contributed by atoms with Gasteiger partial charge in [-0.25, -0.2) is 4.98 Å². The fraction of sp³-hybridized carbons (Fsp3) is 0.706. The molecule has 1 atom stereocenters. The van der Waals surface area contributed by atoms with Crippen LogP contribution in [-0.2, 0) is 4.74 Å². The molecular formula is C17H25N5O2. The van der Waals surface area contributed by atoms with Gasteiger partial charge in [-0.1, -0.05) is 0 Å². The van der Waals surface area contributed by atoms with E-state index in [4.69, 9.17) is 4.74 Å². The van der Waals surface area contributed by atoms with E-state index in [0.717, 1.165) is 58.3 Å². The molecule has 0 aliphatic carbocycles. The Kier molecular flexibility index (Phi) is 4.37. The second-order valence-corrected chi connectivity index (χ2v) is 7.08. The average molecular weight is 331 g/mol. The van der Waals surface area contributed by atoms with Crippen LogP contribution in [0.25, 0.3) is 0 Å². The summed E-state index contributed by atoms with van der Waals surface area (Å²) < 4.78 is 6.10. The topological polar surface area (TPSA) is 79.4 Å². The zero-order valence-corrected chi connectivity index (χ0v) is 14.0. The van der Waals surface area contributed by atoms with Crippen molar-refractivity contribution in [3.8, 4) is 0 Å². The summed E-state index contributed by atoms with van der Waals surface area (Å²) >= 11 is 0. The number of hydrogen-bond acceptors (Lipinski definition) is 6. The molecule has 3 aliphatic heterocycles. The van der Waals surface area contributed by atoms with E-state index in [1.807, 2.05) is 4.90 Å². The van der Waals surface area contributed by atoms with Gasteiger partial charge in [-0.15, -0.1) is 0 Å². The number of carbonyl (C=O) groups is 1. The minimum absolute atomic E-state index is 0.0128. The molecule has 3 saturated heterocycles. The molecule has 2 N–H and O–H groups in total. The maximum atomic E-state index is 12.4. The van der Waals surface area contributed by atoms with Gasteiger partial charge in [-0.3, -0.25) is 9.78 Å². The number of nitrogens with zero attached hydrogens (tertiary/aromatic N) is 3. The summed E-state index contributed by atoms with van der Waals surface area (Å²) in [5, 5.41) is 6.79. The lowest BCUT2D eigenvalue weighted by Crippen LogP contribution is -2.41. The molecule has 0 radical (unpaired) electrons. The predicted molar refractivity (Wildman–Crippen MR) is 90.0 cm³/mol. The van der Waals surface area contributed by atoms with Crippen LogP contribution in [0, 0.1) is 0 Å². The van der Waals surface area contributed by atoms with Crippen LogP contribution in [0.1, 0.15) is 42.6 Å². The first-order chi connectivity index (χ1) is 11.7. The van der Waals surface area contributed by atoms with Gasteiger partial charge >= 0.3 is 0 Å². The van der Waals surface area contributed by atoms with Gasteiger partial charge in [0.2, 0.25) is 0 Å². The Morgan fingerprint density at radius 1 is 1.29 bits per heavy atom. The van der Waals surface area contributed by atoms with Crippen LogP contribution in [0.5, 0.6) is 0 Å². The Morgan fingerprint density at radius 2 is 2.08 bits per heavy atom. The fourth-order valence-electron chi connectivity index (χ4n) is 4.00. The highest BCUT2D eigenvalue weighted by Crippen LogP contribution is 2.34. The summed E-state index contributed by atoms with van der Waals surface area (Å²) in [6.45, 7) is 4.38. The summed E-state index contributed by atoms with van der Waals surface area (Å²) in [4.78, 5) is 23.0. The van der Waals surface area contributed by atoms with E-state index in [1.54, 1.807) is 12.4 Å². The number of likely N-dealkylation sites (tertiary alicyclic amines) is 1. The molecule has 1 aromatic rings. The molecule has 1 aromatic heterocycles. The highest BCUT2D eigenvalue weighted by Gasteiger charge is 2.41. The van der Waals surface area contributed by atoms with E-state index >= 15 is 0 Å². The van der Waals surface area contributed by atoms with Crippen LogP contribution in [0.3, 0.4) is 0 Å². The molecule has 7 heteroatoms. The Balaban J connectivity index is 1.40. The van der Waals surface area contributed by atoms with Crippen molar-refractivity contribution in [3.05, 3.63) is 18.1 Å². The van der Waals surface area contributed by atoms with E-state index in [-0.39, 0.29) is 17.6 Å². The summed E-state index contributed by atoms with van der Waals surface area (Å²) in [5.74, 6) is 0.653. The number of hydrogen-bond donors (Lipinski definition) is 2. The number of aromatic nitrogens is 2. The first kappa shape index (κ1) is 15.8. The third-order valence-corrected chi connectivity index (χ3v) is 5.32. The molecule has 0 aromatic carbocycles. The lowest BCUT2D eigenvalue weighted by molar-refractivity contribution is -0.0192. The van der Waals surface area contributed by atoms with Gasteiger partial charge in [0, 0.05) is 13.1 Å². The lowest BCUT2D eigenvalue weighted by atomic mass is 9.88. The molecule has 7 nitrogen and oxygen atoms in total. The van der Waals surface area contributed by atoms with Gasteiger partial charge in [-0.05, 0) is 45.2 Å². The highest BCUT2D eigenvalue weighted by molar-refractivity contribution is 5.92. The highest BCUT2D eigenvalue weighted by atomic mass is 16.5. The van der Waals surface area contributed by atoms with Gasteiger partial charge in [0.05, 0.1) is 30.6 Å². The van der Waals surface area contributed by atoms with Crippen molar-refractivity contribution in [2.75, 3.05) is 38.1 Å². The third kappa shape index (κ3) is 3.23. The number of carbonyl (C=O) groups excluding carboxylic acids is 1. The average Bonchev–Trinajstić information content (AvgIpc) is 3.26. The van der Waals surface area contributed by atoms with Crippen LogP contribution in [0.4, 0.5) is 5.82 Å². The normalized spacial score (nSPS) is 26.0. The summed E-state index contributed by atoms with van der Waals surface area (Å²) in [6.07, 6.45) is 8.51. The maximum Gasteiger partial charge on any atom is 0.274 e. The monoisotopic (exact) mass is 331 g/mol. The van der Waals surface area contributed by atoms with E-state index in [2.05, 4.69) is 20.6 Å². The zero-order valence-electron chi connectivity index (χ0n) is 14.0. The van der Waals surface area contributed by atoms with Gasteiger partial charge in [0.1, 0.15) is 11.5 Å².